The van der Waals surface area contributed by atoms with E-state index in [1.807, 2.05) is 0 Å². The van der Waals surface area contributed by atoms with Gasteiger partial charge in [-0.3, -0.25) is 0 Å². The zero-order chi connectivity index (χ0) is 13.7. The van der Waals surface area contributed by atoms with Gasteiger partial charge in [0.1, 0.15) is 11.5 Å². The third-order valence-electron chi connectivity index (χ3n) is 2.94. The molecule has 0 amide bonds. The predicted molar refractivity (Wildman–Crippen MR) is 64.2 cm³/mol. The highest BCUT2D eigenvalue weighted by atomic mass is 19.4. The number of ether oxygens (including phenoxy) is 2. The Kier molecular flexibility index (Phi) is 4.52. The normalized spacial score (nSPS) is 20.1. The number of rotatable bonds is 4. The molecule has 1 aromatic carbocycles. The van der Waals surface area contributed by atoms with Gasteiger partial charge in [-0.05, 0) is 43.7 Å². The molecule has 0 unspecified atom stereocenters. The molecule has 1 heterocycles. The quantitative estimate of drug-likeness (QED) is 0.916. The molecule has 106 valence electrons. The van der Waals surface area contributed by atoms with Gasteiger partial charge in [0.2, 0.25) is 0 Å². The van der Waals surface area contributed by atoms with E-state index in [1.54, 1.807) is 0 Å². The molecule has 6 heteroatoms. The number of halogens is 3. The first kappa shape index (κ1) is 14.0. The van der Waals surface area contributed by atoms with Crippen molar-refractivity contribution in [1.82, 2.24) is 5.32 Å². The van der Waals surface area contributed by atoms with Crippen molar-refractivity contribution in [2.24, 2.45) is 5.92 Å². The summed E-state index contributed by atoms with van der Waals surface area (Å²) in [4.78, 5) is 0. The van der Waals surface area contributed by atoms with Gasteiger partial charge >= 0.3 is 6.36 Å². The first-order valence-corrected chi connectivity index (χ1v) is 6.22. The van der Waals surface area contributed by atoms with Gasteiger partial charge in [0.25, 0.3) is 0 Å². The lowest BCUT2D eigenvalue weighted by molar-refractivity contribution is -0.274. The number of alkyl halides is 3. The van der Waals surface area contributed by atoms with E-state index in [1.165, 1.54) is 24.3 Å². The number of hydrogen-bond acceptors (Lipinski definition) is 3. The van der Waals surface area contributed by atoms with Crippen molar-refractivity contribution in [3.63, 3.8) is 0 Å². The van der Waals surface area contributed by atoms with E-state index in [9.17, 15) is 13.2 Å². The summed E-state index contributed by atoms with van der Waals surface area (Å²) in [7, 11) is 0. The maximum Gasteiger partial charge on any atom is 0.573 e. The van der Waals surface area contributed by atoms with E-state index in [2.05, 4.69) is 10.1 Å². The topological polar surface area (TPSA) is 30.5 Å². The van der Waals surface area contributed by atoms with Crippen molar-refractivity contribution in [2.45, 2.75) is 19.2 Å². The highest BCUT2D eigenvalue weighted by molar-refractivity contribution is 5.31. The first-order valence-electron chi connectivity index (χ1n) is 6.22. The van der Waals surface area contributed by atoms with Crippen LogP contribution in [0, 0.1) is 5.92 Å². The van der Waals surface area contributed by atoms with Crippen LogP contribution in [0.3, 0.4) is 0 Å². The molecule has 0 radical (unpaired) electrons. The average Bonchev–Trinajstić information content (AvgIpc) is 2.37. The molecule has 1 atom stereocenters. The minimum absolute atomic E-state index is 0.237. The molecule has 0 saturated carbocycles. The van der Waals surface area contributed by atoms with Gasteiger partial charge in [0.15, 0.2) is 0 Å². The van der Waals surface area contributed by atoms with E-state index in [4.69, 9.17) is 4.74 Å². The lowest BCUT2D eigenvalue weighted by Crippen LogP contribution is -2.33. The van der Waals surface area contributed by atoms with Crippen LogP contribution in [0.4, 0.5) is 13.2 Å². The van der Waals surface area contributed by atoms with Crippen molar-refractivity contribution < 1.29 is 22.6 Å². The Hall–Kier alpha value is -1.43. The first-order chi connectivity index (χ1) is 9.03. The summed E-state index contributed by atoms with van der Waals surface area (Å²) in [6.07, 6.45) is -2.41. The second-order valence-corrected chi connectivity index (χ2v) is 4.54. The standard InChI is InChI=1S/C13H16F3NO2/c14-13(15,16)19-12-5-3-11(4-6-12)18-9-10-2-1-7-17-8-10/h3-6,10,17H,1-2,7-9H2/t10-/m0/s1. The van der Waals surface area contributed by atoms with E-state index in [-0.39, 0.29) is 5.75 Å². The average molecular weight is 275 g/mol. The van der Waals surface area contributed by atoms with E-state index in [0.29, 0.717) is 18.3 Å². The van der Waals surface area contributed by atoms with Gasteiger partial charge < -0.3 is 14.8 Å². The van der Waals surface area contributed by atoms with Crippen LogP contribution in [0.25, 0.3) is 0 Å². The molecule has 0 bridgehead atoms. The van der Waals surface area contributed by atoms with Gasteiger partial charge in [-0.15, -0.1) is 13.2 Å². The van der Waals surface area contributed by atoms with Gasteiger partial charge in [-0.25, -0.2) is 0 Å². The molecule has 19 heavy (non-hydrogen) atoms. The smallest absolute Gasteiger partial charge is 0.493 e. The van der Waals surface area contributed by atoms with Gasteiger partial charge in [0, 0.05) is 12.5 Å². The number of hydrogen-bond donors (Lipinski definition) is 1. The molecule has 1 fully saturated rings. The van der Waals surface area contributed by atoms with Crippen LogP contribution in [0.5, 0.6) is 11.5 Å². The largest absolute Gasteiger partial charge is 0.573 e. The van der Waals surface area contributed by atoms with Crippen LogP contribution in [0.2, 0.25) is 0 Å². The molecule has 1 aliphatic heterocycles. The number of piperidine rings is 1. The molecule has 0 spiro atoms. The predicted octanol–water partition coefficient (Wildman–Crippen LogP) is 2.96. The fraction of sp³-hybridized carbons (Fsp3) is 0.538. The molecule has 1 saturated heterocycles. The zero-order valence-electron chi connectivity index (χ0n) is 10.4. The lowest BCUT2D eigenvalue weighted by atomic mass is 10.0. The minimum Gasteiger partial charge on any atom is -0.493 e. The second kappa shape index (κ2) is 6.14. The van der Waals surface area contributed by atoms with E-state index < -0.39 is 6.36 Å². The second-order valence-electron chi connectivity index (χ2n) is 4.54. The van der Waals surface area contributed by atoms with Gasteiger partial charge in [-0.1, -0.05) is 0 Å². The van der Waals surface area contributed by atoms with Crippen LogP contribution >= 0.6 is 0 Å². The Balaban J connectivity index is 1.81. The number of nitrogens with one attached hydrogen (secondary N) is 1. The van der Waals surface area contributed by atoms with Crippen molar-refractivity contribution in [3.05, 3.63) is 24.3 Å². The molecule has 2 rings (SSSR count). The molecule has 0 aliphatic carbocycles. The number of benzene rings is 1. The monoisotopic (exact) mass is 275 g/mol. The third kappa shape index (κ3) is 4.98. The van der Waals surface area contributed by atoms with Crippen LogP contribution in [-0.2, 0) is 0 Å². The van der Waals surface area contributed by atoms with Crippen molar-refractivity contribution in [2.75, 3.05) is 19.7 Å². The zero-order valence-corrected chi connectivity index (χ0v) is 10.4. The summed E-state index contributed by atoms with van der Waals surface area (Å²) in [5.74, 6) is 0.777. The molecule has 0 aromatic heterocycles. The lowest BCUT2D eigenvalue weighted by Gasteiger charge is -2.22. The van der Waals surface area contributed by atoms with Gasteiger partial charge in [-0.2, -0.15) is 0 Å². The van der Waals surface area contributed by atoms with Crippen molar-refractivity contribution >= 4 is 0 Å². The third-order valence-corrected chi connectivity index (χ3v) is 2.94. The Morgan fingerprint density at radius 3 is 2.42 bits per heavy atom. The van der Waals surface area contributed by atoms with E-state index >= 15 is 0 Å². The summed E-state index contributed by atoms with van der Waals surface area (Å²) >= 11 is 0. The molecule has 1 N–H and O–H groups in total. The Bertz CT molecular complexity index is 386. The maximum absolute atomic E-state index is 12.0. The van der Waals surface area contributed by atoms with Crippen molar-refractivity contribution in [1.29, 1.82) is 0 Å². The van der Waals surface area contributed by atoms with Crippen LogP contribution in [-0.4, -0.2) is 26.1 Å². The summed E-state index contributed by atoms with van der Waals surface area (Å²) in [6, 6.07) is 5.47. The highest BCUT2D eigenvalue weighted by Crippen LogP contribution is 2.25. The van der Waals surface area contributed by atoms with Crippen LogP contribution in [0.1, 0.15) is 12.8 Å². The summed E-state index contributed by atoms with van der Waals surface area (Å²) in [6.45, 7) is 2.54. The van der Waals surface area contributed by atoms with Crippen LogP contribution in [0.15, 0.2) is 24.3 Å². The molecular formula is C13H16F3NO2. The summed E-state index contributed by atoms with van der Waals surface area (Å²) in [5.41, 5.74) is 0. The SMILES string of the molecule is FC(F)(F)Oc1ccc(OC[C@H]2CCCNC2)cc1. The minimum atomic E-state index is -4.66. The summed E-state index contributed by atoms with van der Waals surface area (Å²) in [5, 5.41) is 3.28. The molecular weight excluding hydrogens is 259 g/mol. The summed E-state index contributed by atoms with van der Waals surface area (Å²) < 4.78 is 45.3. The maximum atomic E-state index is 12.0. The fourth-order valence-corrected chi connectivity index (χ4v) is 2.02. The molecule has 1 aliphatic rings. The molecule has 3 nitrogen and oxygen atoms in total. The van der Waals surface area contributed by atoms with Crippen molar-refractivity contribution in [3.8, 4) is 11.5 Å². The highest BCUT2D eigenvalue weighted by Gasteiger charge is 2.30. The Morgan fingerprint density at radius 1 is 1.16 bits per heavy atom. The molecule has 1 aromatic rings. The Morgan fingerprint density at radius 2 is 1.84 bits per heavy atom. The Labute approximate surface area is 109 Å². The fourth-order valence-electron chi connectivity index (χ4n) is 2.02. The van der Waals surface area contributed by atoms with Crippen LogP contribution < -0.4 is 14.8 Å². The van der Waals surface area contributed by atoms with E-state index in [0.717, 1.165) is 25.9 Å². The van der Waals surface area contributed by atoms with Gasteiger partial charge in [0.05, 0.1) is 6.61 Å².